The normalized spacial score (nSPS) is 15.4. The number of nitrogens with zero attached hydrogens (tertiary/aromatic N) is 1. The van der Waals surface area contributed by atoms with E-state index >= 15 is 0 Å². The summed E-state index contributed by atoms with van der Waals surface area (Å²) in [6.07, 6.45) is 0.452. The fraction of sp³-hybridized carbons (Fsp3) is 0.636. The molecule has 0 bridgehead atoms. The average Bonchev–Trinajstić information content (AvgIpc) is 2.53. The summed E-state index contributed by atoms with van der Waals surface area (Å²) in [6.45, 7) is 8.45. The standard InChI is InChI=1S/C11H15B2NO3/c1-11(2,3)17-10(15)14-5-4-7-8(6-14)16-9(12)13-7/h4-6H2,1-3H3. The molecule has 0 saturated heterocycles. The van der Waals surface area contributed by atoms with Crippen LogP contribution in [0.2, 0.25) is 0 Å². The zero-order valence-electron chi connectivity index (χ0n) is 10.4. The molecule has 17 heavy (non-hydrogen) atoms. The van der Waals surface area contributed by atoms with E-state index in [-0.39, 0.29) is 6.09 Å². The van der Waals surface area contributed by atoms with Gasteiger partial charge in [-0.1, -0.05) is 0 Å². The minimum absolute atomic E-state index is 0.307. The van der Waals surface area contributed by atoms with Gasteiger partial charge in [0.2, 0.25) is 0 Å². The molecule has 0 unspecified atom stereocenters. The van der Waals surface area contributed by atoms with Crippen LogP contribution in [0.3, 0.4) is 0 Å². The molecule has 1 aromatic rings. The molecule has 1 aliphatic rings. The molecule has 6 heteroatoms. The van der Waals surface area contributed by atoms with Gasteiger partial charge < -0.3 is 0 Å². The van der Waals surface area contributed by atoms with E-state index in [1.807, 2.05) is 27.7 Å². The van der Waals surface area contributed by atoms with E-state index in [1.165, 1.54) is 0 Å². The van der Waals surface area contributed by atoms with Crippen molar-refractivity contribution in [3.05, 3.63) is 11.2 Å². The van der Waals surface area contributed by atoms with Crippen molar-refractivity contribution >= 4 is 26.4 Å². The quantitative estimate of drug-likeness (QED) is 0.617. The molecule has 0 atom stereocenters. The molecule has 1 aromatic heterocycles. The van der Waals surface area contributed by atoms with Crippen molar-refractivity contribution in [2.24, 2.45) is 0 Å². The van der Waals surface area contributed by atoms with Gasteiger partial charge in [-0.3, -0.25) is 0 Å². The second-order valence-corrected chi connectivity index (χ2v) is 5.25. The number of carbonyl (C=O) groups excluding carboxylic acids is 1. The molecular formula is C11H15B2NO3. The Morgan fingerprint density at radius 1 is 1.53 bits per heavy atom. The number of fused-ring (bicyclic) bond motifs is 1. The molecule has 0 saturated carbocycles. The number of amides is 1. The van der Waals surface area contributed by atoms with Crippen molar-refractivity contribution in [3.63, 3.8) is 0 Å². The molecule has 0 fully saturated rings. The molecule has 88 valence electrons. The van der Waals surface area contributed by atoms with E-state index in [9.17, 15) is 4.79 Å². The van der Waals surface area contributed by atoms with E-state index < -0.39 is 5.60 Å². The third-order valence-corrected chi connectivity index (χ3v) is 2.55. The van der Waals surface area contributed by atoms with Crippen LogP contribution in [0.25, 0.3) is 0 Å². The summed E-state index contributed by atoms with van der Waals surface area (Å²) >= 11 is 0. The fourth-order valence-corrected chi connectivity index (χ4v) is 1.83. The first kappa shape index (κ1) is 12.3. The Labute approximate surface area is 103 Å². The van der Waals surface area contributed by atoms with Crippen LogP contribution >= 0.6 is 0 Å². The molecular weight excluding hydrogens is 216 g/mol. The van der Waals surface area contributed by atoms with Crippen LogP contribution in [-0.2, 0) is 17.7 Å². The second-order valence-electron chi connectivity index (χ2n) is 5.25. The van der Waals surface area contributed by atoms with Crippen molar-refractivity contribution in [1.29, 1.82) is 0 Å². The monoisotopic (exact) mass is 231 g/mol. The van der Waals surface area contributed by atoms with Gasteiger partial charge in [0.05, 0.1) is 0 Å². The average molecular weight is 231 g/mol. The van der Waals surface area contributed by atoms with Gasteiger partial charge in [-0.15, -0.1) is 0 Å². The molecule has 1 amide bonds. The zero-order chi connectivity index (χ0) is 12.6. The first-order valence-electron chi connectivity index (χ1n) is 5.70. The van der Waals surface area contributed by atoms with Gasteiger partial charge in [-0.25, -0.2) is 0 Å². The third-order valence-electron chi connectivity index (χ3n) is 2.55. The zero-order valence-corrected chi connectivity index (χ0v) is 10.4. The van der Waals surface area contributed by atoms with Crippen LogP contribution in [0.15, 0.2) is 4.42 Å². The Bertz CT molecular complexity index is 436. The van der Waals surface area contributed by atoms with Crippen molar-refractivity contribution in [1.82, 2.24) is 4.90 Å². The Balaban J connectivity index is 2.05. The molecule has 2 radical (unpaired) electrons. The number of hydrogen-bond donors (Lipinski definition) is 0. The minimum atomic E-state index is -0.473. The summed E-state index contributed by atoms with van der Waals surface area (Å²) in [4.78, 5) is 13.5. The van der Waals surface area contributed by atoms with Gasteiger partial charge in [0.15, 0.2) is 0 Å². The number of ether oxygens (including phenoxy) is 1. The Kier molecular flexibility index (Phi) is 3.06. The summed E-state index contributed by atoms with van der Waals surface area (Å²) in [5, 5.41) is 0. The molecule has 4 nitrogen and oxygen atoms in total. The Morgan fingerprint density at radius 2 is 2.24 bits per heavy atom. The first-order valence-corrected chi connectivity index (χ1v) is 5.70. The predicted molar refractivity (Wildman–Crippen MR) is 65.8 cm³/mol. The van der Waals surface area contributed by atoms with Gasteiger partial charge in [0.1, 0.15) is 0 Å². The summed E-state index contributed by atoms with van der Waals surface area (Å²) < 4.78 is 10.7. The Morgan fingerprint density at radius 3 is 2.88 bits per heavy atom. The van der Waals surface area contributed by atoms with Crippen molar-refractivity contribution in [3.8, 4) is 0 Å². The molecule has 0 spiro atoms. The Hall–Kier alpha value is -1.19. The van der Waals surface area contributed by atoms with E-state index in [0.717, 1.165) is 17.6 Å². The fourth-order valence-electron chi connectivity index (χ4n) is 1.83. The van der Waals surface area contributed by atoms with Crippen LogP contribution in [-0.4, -0.2) is 37.9 Å². The maximum absolute atomic E-state index is 11.9. The van der Waals surface area contributed by atoms with Crippen LogP contribution in [0.5, 0.6) is 0 Å². The van der Waals surface area contributed by atoms with Gasteiger partial charge in [-0.2, -0.15) is 0 Å². The molecule has 2 heterocycles. The van der Waals surface area contributed by atoms with Gasteiger partial charge >= 0.3 is 102 Å². The first-order chi connectivity index (χ1) is 7.85. The third kappa shape index (κ3) is 2.93. The molecule has 0 aliphatic carbocycles. The molecule has 1 aliphatic heterocycles. The molecule has 2 rings (SSSR count). The van der Waals surface area contributed by atoms with Crippen LogP contribution in [0.1, 0.15) is 32.0 Å². The second kappa shape index (κ2) is 4.24. The molecule has 0 N–H and O–H groups in total. The van der Waals surface area contributed by atoms with E-state index in [0.29, 0.717) is 18.6 Å². The topological polar surface area (TPSA) is 42.7 Å². The van der Waals surface area contributed by atoms with Gasteiger partial charge in [-0.05, 0) is 0 Å². The SMILES string of the molecule is [B]c1bc2c(o1)CN(C(=O)OC(C)(C)C)CC2. The summed E-state index contributed by atoms with van der Waals surface area (Å²) in [5.41, 5.74) is 1.02. The summed E-state index contributed by atoms with van der Waals surface area (Å²) in [6, 6.07) is 0. The summed E-state index contributed by atoms with van der Waals surface area (Å²) in [5.74, 6) is 0.764. The number of hydrogen-bond acceptors (Lipinski definition) is 3. The number of rotatable bonds is 0. The van der Waals surface area contributed by atoms with Crippen molar-refractivity contribution in [2.75, 3.05) is 6.54 Å². The van der Waals surface area contributed by atoms with Crippen LogP contribution in [0, 0.1) is 0 Å². The van der Waals surface area contributed by atoms with Crippen LogP contribution < -0.4 is 5.55 Å². The predicted octanol–water partition coefficient (Wildman–Crippen LogP) is 0.705. The summed E-state index contributed by atoms with van der Waals surface area (Å²) in [7, 11) is 5.58. The molecule has 0 aromatic carbocycles. The van der Waals surface area contributed by atoms with Crippen molar-refractivity contribution in [2.45, 2.75) is 39.3 Å². The maximum atomic E-state index is 11.9. The van der Waals surface area contributed by atoms with E-state index in [4.69, 9.17) is 17.0 Å². The van der Waals surface area contributed by atoms with E-state index in [1.54, 1.807) is 4.90 Å². The van der Waals surface area contributed by atoms with E-state index in [2.05, 4.69) is 0 Å². The number of carbonyl (C=O) groups is 1. The van der Waals surface area contributed by atoms with Gasteiger partial charge in [0, 0.05) is 0 Å². The van der Waals surface area contributed by atoms with Crippen molar-refractivity contribution < 1.29 is 13.9 Å². The van der Waals surface area contributed by atoms with Gasteiger partial charge in [0.25, 0.3) is 0 Å². The van der Waals surface area contributed by atoms with Crippen LogP contribution in [0.4, 0.5) is 4.79 Å².